The Morgan fingerprint density at radius 1 is 1.32 bits per heavy atom. The van der Waals surface area contributed by atoms with Crippen LogP contribution < -0.4 is 5.32 Å². The summed E-state index contributed by atoms with van der Waals surface area (Å²) in [6, 6.07) is 2.01. The Hall–Kier alpha value is -0.810. The van der Waals surface area contributed by atoms with Crippen molar-refractivity contribution in [3.05, 3.63) is 11.9 Å². The molecule has 4 nitrogen and oxygen atoms in total. The van der Waals surface area contributed by atoms with E-state index in [1.807, 2.05) is 6.07 Å². The molecule has 1 heterocycles. The van der Waals surface area contributed by atoms with Crippen LogP contribution in [0.3, 0.4) is 0 Å². The standard InChI is InChI=1S/C14H25N3OS/c1-4-6-12-16-13(15-8-5-2)10-14(17-12)19-11(3)7-9-18/h10-11,18H,4-9H2,1-3H3,(H,15,16,17). The Morgan fingerprint density at radius 2 is 2.11 bits per heavy atom. The highest BCUT2D eigenvalue weighted by atomic mass is 32.2. The van der Waals surface area contributed by atoms with Gasteiger partial charge < -0.3 is 10.4 Å². The number of aliphatic hydroxyl groups excluding tert-OH is 1. The molecule has 0 aliphatic heterocycles. The number of rotatable bonds is 9. The molecule has 2 N–H and O–H groups in total. The molecule has 1 aromatic heterocycles. The average molecular weight is 283 g/mol. The summed E-state index contributed by atoms with van der Waals surface area (Å²) in [5.41, 5.74) is 0. The van der Waals surface area contributed by atoms with E-state index in [2.05, 4.69) is 36.1 Å². The minimum absolute atomic E-state index is 0.224. The fraction of sp³-hybridized carbons (Fsp3) is 0.714. The Balaban J connectivity index is 2.79. The van der Waals surface area contributed by atoms with Crippen LogP contribution in [0.5, 0.6) is 0 Å². The van der Waals surface area contributed by atoms with Gasteiger partial charge in [-0.05, 0) is 19.3 Å². The first kappa shape index (κ1) is 16.2. The molecule has 0 fully saturated rings. The summed E-state index contributed by atoms with van der Waals surface area (Å²) in [7, 11) is 0. The molecular formula is C14H25N3OS. The molecule has 5 heteroatoms. The lowest BCUT2D eigenvalue weighted by molar-refractivity contribution is 0.289. The third-order valence-electron chi connectivity index (χ3n) is 2.64. The smallest absolute Gasteiger partial charge is 0.132 e. The van der Waals surface area contributed by atoms with Crippen molar-refractivity contribution in [2.24, 2.45) is 0 Å². The lowest BCUT2D eigenvalue weighted by atomic mass is 10.3. The van der Waals surface area contributed by atoms with Gasteiger partial charge in [0.25, 0.3) is 0 Å². The van der Waals surface area contributed by atoms with Crippen molar-refractivity contribution in [2.75, 3.05) is 18.5 Å². The quantitative estimate of drug-likeness (QED) is 0.538. The van der Waals surface area contributed by atoms with Crippen molar-refractivity contribution >= 4 is 17.6 Å². The monoisotopic (exact) mass is 283 g/mol. The zero-order valence-corrected chi connectivity index (χ0v) is 13.0. The summed E-state index contributed by atoms with van der Waals surface area (Å²) in [5, 5.41) is 13.7. The average Bonchev–Trinajstić information content (AvgIpc) is 2.36. The number of aromatic nitrogens is 2. The van der Waals surface area contributed by atoms with Crippen LogP contribution in [0.1, 0.15) is 45.9 Å². The van der Waals surface area contributed by atoms with E-state index < -0.39 is 0 Å². The molecule has 0 saturated carbocycles. The van der Waals surface area contributed by atoms with Crippen LogP contribution in [0.25, 0.3) is 0 Å². The Morgan fingerprint density at radius 3 is 2.74 bits per heavy atom. The van der Waals surface area contributed by atoms with E-state index in [0.717, 1.165) is 48.9 Å². The second-order valence-electron chi connectivity index (χ2n) is 4.63. The minimum Gasteiger partial charge on any atom is -0.396 e. The van der Waals surface area contributed by atoms with E-state index in [1.165, 1.54) is 0 Å². The second-order valence-corrected chi connectivity index (χ2v) is 6.08. The molecule has 1 atom stereocenters. The fourth-order valence-corrected chi connectivity index (χ4v) is 2.63. The number of hydrogen-bond acceptors (Lipinski definition) is 5. The molecule has 1 rings (SSSR count). The summed E-state index contributed by atoms with van der Waals surface area (Å²) in [5.74, 6) is 1.82. The molecule has 108 valence electrons. The van der Waals surface area contributed by atoms with Gasteiger partial charge in [-0.2, -0.15) is 0 Å². The van der Waals surface area contributed by atoms with Crippen LogP contribution in [0.4, 0.5) is 5.82 Å². The maximum absolute atomic E-state index is 8.97. The molecule has 0 spiro atoms. The molecule has 0 aromatic carbocycles. The first-order valence-corrected chi connectivity index (χ1v) is 7.96. The molecule has 19 heavy (non-hydrogen) atoms. The van der Waals surface area contributed by atoms with Crippen LogP contribution in [0.15, 0.2) is 11.1 Å². The van der Waals surface area contributed by atoms with E-state index in [-0.39, 0.29) is 6.61 Å². The first-order valence-electron chi connectivity index (χ1n) is 7.08. The third kappa shape index (κ3) is 6.25. The number of nitrogens with one attached hydrogen (secondary N) is 1. The summed E-state index contributed by atoms with van der Waals surface area (Å²) in [6.07, 6.45) is 3.82. The zero-order valence-electron chi connectivity index (χ0n) is 12.1. The van der Waals surface area contributed by atoms with Crippen molar-refractivity contribution in [3.8, 4) is 0 Å². The highest BCUT2D eigenvalue weighted by molar-refractivity contribution is 7.99. The molecular weight excluding hydrogens is 258 g/mol. The van der Waals surface area contributed by atoms with Gasteiger partial charge in [0, 0.05) is 30.9 Å². The molecule has 0 aliphatic carbocycles. The van der Waals surface area contributed by atoms with Gasteiger partial charge in [0.2, 0.25) is 0 Å². The van der Waals surface area contributed by atoms with Gasteiger partial charge in [0.05, 0.1) is 0 Å². The SMILES string of the molecule is CCCNc1cc(SC(C)CCO)nc(CCC)n1. The van der Waals surface area contributed by atoms with Crippen molar-refractivity contribution in [3.63, 3.8) is 0 Å². The van der Waals surface area contributed by atoms with Crippen LogP contribution in [0.2, 0.25) is 0 Å². The predicted octanol–water partition coefficient (Wildman–Crippen LogP) is 3.11. The zero-order chi connectivity index (χ0) is 14.1. The molecule has 1 unspecified atom stereocenters. The van der Waals surface area contributed by atoms with Crippen LogP contribution in [0, 0.1) is 0 Å². The summed E-state index contributed by atoms with van der Waals surface area (Å²) in [4.78, 5) is 9.11. The largest absolute Gasteiger partial charge is 0.396 e. The number of anilines is 1. The van der Waals surface area contributed by atoms with Gasteiger partial charge >= 0.3 is 0 Å². The van der Waals surface area contributed by atoms with E-state index >= 15 is 0 Å². The van der Waals surface area contributed by atoms with Gasteiger partial charge in [-0.25, -0.2) is 9.97 Å². The fourth-order valence-electron chi connectivity index (χ4n) is 1.66. The highest BCUT2D eigenvalue weighted by Crippen LogP contribution is 2.25. The summed E-state index contributed by atoms with van der Waals surface area (Å²) < 4.78 is 0. The van der Waals surface area contributed by atoms with Crippen molar-refractivity contribution in [2.45, 2.75) is 56.7 Å². The van der Waals surface area contributed by atoms with Crippen molar-refractivity contribution < 1.29 is 5.11 Å². The van der Waals surface area contributed by atoms with Gasteiger partial charge in [-0.15, -0.1) is 11.8 Å². The molecule has 0 amide bonds. The topological polar surface area (TPSA) is 58.0 Å². The molecule has 0 bridgehead atoms. The van der Waals surface area contributed by atoms with E-state index in [9.17, 15) is 0 Å². The van der Waals surface area contributed by atoms with E-state index in [0.29, 0.717) is 5.25 Å². The van der Waals surface area contributed by atoms with E-state index in [4.69, 9.17) is 5.11 Å². The van der Waals surface area contributed by atoms with Gasteiger partial charge in [-0.1, -0.05) is 20.8 Å². The number of aryl methyl sites for hydroxylation is 1. The maximum atomic E-state index is 8.97. The number of hydrogen-bond donors (Lipinski definition) is 2. The van der Waals surface area contributed by atoms with Gasteiger partial charge in [-0.3, -0.25) is 0 Å². The Labute approximate surface area is 120 Å². The molecule has 1 aromatic rings. The summed E-state index contributed by atoms with van der Waals surface area (Å²) in [6.45, 7) is 7.54. The van der Waals surface area contributed by atoms with Gasteiger partial charge in [0.15, 0.2) is 0 Å². The lowest BCUT2D eigenvalue weighted by Gasteiger charge is -2.12. The van der Waals surface area contributed by atoms with E-state index in [1.54, 1.807) is 11.8 Å². The summed E-state index contributed by atoms with van der Waals surface area (Å²) >= 11 is 1.70. The second kappa shape index (κ2) is 9.15. The van der Waals surface area contributed by atoms with Crippen LogP contribution in [-0.2, 0) is 6.42 Å². The Kier molecular flexibility index (Phi) is 7.82. The molecule has 0 radical (unpaired) electrons. The Bertz CT molecular complexity index is 374. The number of nitrogens with zero attached hydrogens (tertiary/aromatic N) is 2. The van der Waals surface area contributed by atoms with Gasteiger partial charge in [0.1, 0.15) is 16.7 Å². The maximum Gasteiger partial charge on any atom is 0.132 e. The van der Waals surface area contributed by atoms with Crippen LogP contribution >= 0.6 is 11.8 Å². The first-order chi connectivity index (χ1) is 9.19. The predicted molar refractivity (Wildman–Crippen MR) is 81.8 cm³/mol. The van der Waals surface area contributed by atoms with Crippen molar-refractivity contribution in [1.82, 2.24) is 9.97 Å². The molecule has 0 saturated heterocycles. The normalized spacial score (nSPS) is 12.4. The van der Waals surface area contributed by atoms with Crippen molar-refractivity contribution in [1.29, 1.82) is 0 Å². The number of thioether (sulfide) groups is 1. The highest BCUT2D eigenvalue weighted by Gasteiger charge is 2.09. The van der Waals surface area contributed by atoms with Crippen LogP contribution in [-0.4, -0.2) is 33.5 Å². The number of aliphatic hydroxyl groups is 1. The lowest BCUT2D eigenvalue weighted by Crippen LogP contribution is -2.07. The molecule has 0 aliphatic rings. The third-order valence-corrected chi connectivity index (χ3v) is 3.72. The minimum atomic E-state index is 0.224.